The van der Waals surface area contributed by atoms with Gasteiger partial charge in [0.05, 0.1) is 20.3 Å². The predicted molar refractivity (Wildman–Crippen MR) is 139 cm³/mol. The van der Waals surface area contributed by atoms with Crippen molar-refractivity contribution in [2.75, 3.05) is 33.9 Å². The van der Waals surface area contributed by atoms with E-state index in [4.69, 9.17) is 20.7 Å². The minimum Gasteiger partial charge on any atom is -0.493 e. The molecule has 1 aliphatic rings. The lowest BCUT2D eigenvalue weighted by Crippen LogP contribution is -2.48. The fourth-order valence-corrected chi connectivity index (χ4v) is 4.89. The fraction of sp³-hybridized carbons (Fsp3) is 0.357. The Hall–Kier alpha value is -3.42. The molecule has 1 saturated heterocycles. The van der Waals surface area contributed by atoms with Gasteiger partial charge in [-0.2, -0.15) is 0 Å². The Bertz CT molecular complexity index is 1090. The zero-order chi connectivity index (χ0) is 24.6. The zero-order valence-corrected chi connectivity index (χ0v) is 20.6. The molecule has 0 amide bonds. The van der Waals surface area contributed by atoms with Crippen LogP contribution < -0.4 is 15.3 Å². The van der Waals surface area contributed by atoms with Crippen LogP contribution in [0.5, 0.6) is 11.5 Å². The molecule has 0 aliphatic carbocycles. The van der Waals surface area contributed by atoms with Crippen molar-refractivity contribution in [3.63, 3.8) is 0 Å². The van der Waals surface area contributed by atoms with Gasteiger partial charge >= 0.3 is 0 Å². The molecule has 7 heteroatoms. The van der Waals surface area contributed by atoms with Crippen LogP contribution in [-0.2, 0) is 6.42 Å². The van der Waals surface area contributed by atoms with Crippen molar-refractivity contribution in [1.29, 1.82) is 5.41 Å². The van der Waals surface area contributed by atoms with Crippen LogP contribution in [-0.4, -0.2) is 54.6 Å². The maximum Gasteiger partial charge on any atom is 0.165 e. The highest BCUT2D eigenvalue weighted by Crippen LogP contribution is 2.40. The van der Waals surface area contributed by atoms with E-state index >= 15 is 0 Å². The lowest BCUT2D eigenvalue weighted by Gasteiger charge is -2.40. The van der Waals surface area contributed by atoms with E-state index in [2.05, 4.69) is 28.1 Å². The van der Waals surface area contributed by atoms with Crippen LogP contribution >= 0.6 is 0 Å². The smallest absolute Gasteiger partial charge is 0.165 e. The zero-order valence-electron chi connectivity index (χ0n) is 20.6. The van der Waals surface area contributed by atoms with Gasteiger partial charge < -0.3 is 9.47 Å². The van der Waals surface area contributed by atoms with E-state index < -0.39 is 0 Å². The van der Waals surface area contributed by atoms with E-state index in [1.165, 1.54) is 5.56 Å². The highest BCUT2D eigenvalue weighted by atomic mass is 16.5. The summed E-state index contributed by atoms with van der Waals surface area (Å²) < 4.78 is 11.3. The molecule has 0 saturated carbocycles. The summed E-state index contributed by atoms with van der Waals surface area (Å²) >= 11 is 0. The molecule has 35 heavy (non-hydrogen) atoms. The normalized spacial score (nSPS) is 15.4. The van der Waals surface area contributed by atoms with Crippen LogP contribution in [0.2, 0.25) is 0 Å². The van der Waals surface area contributed by atoms with Crippen molar-refractivity contribution in [1.82, 2.24) is 14.9 Å². The Labute approximate surface area is 208 Å². The summed E-state index contributed by atoms with van der Waals surface area (Å²) in [7, 11) is 3.28. The second-order valence-corrected chi connectivity index (χ2v) is 8.86. The number of likely N-dealkylation sites (tertiary alicyclic amines) is 1. The largest absolute Gasteiger partial charge is 0.493 e. The molecule has 2 heterocycles. The Morgan fingerprint density at radius 3 is 2.43 bits per heavy atom. The molecule has 1 aliphatic heterocycles. The molecule has 3 N–H and O–H groups in total. The number of hydrazine groups is 1. The first kappa shape index (κ1) is 24.7. The number of rotatable bonds is 9. The third kappa shape index (κ3) is 5.81. The van der Waals surface area contributed by atoms with E-state index in [0.29, 0.717) is 29.8 Å². The average molecular weight is 474 g/mol. The molecule has 0 spiro atoms. The van der Waals surface area contributed by atoms with Gasteiger partial charge in [-0.1, -0.05) is 48.5 Å². The number of pyridine rings is 1. The van der Waals surface area contributed by atoms with Gasteiger partial charge in [0.25, 0.3) is 0 Å². The maximum absolute atomic E-state index is 9.16. The Morgan fingerprint density at radius 1 is 1.03 bits per heavy atom. The molecule has 1 aromatic heterocycles. The van der Waals surface area contributed by atoms with Crippen LogP contribution in [0.25, 0.3) is 0 Å². The third-order valence-corrected chi connectivity index (χ3v) is 6.78. The predicted octanol–water partition coefficient (Wildman–Crippen LogP) is 4.42. The number of benzene rings is 2. The SMILES string of the molecule is COc1cccc(C(C(=N)N(N)CCc2ccccc2)N2CCC(c3ccccn3)CC2)c1OC. The number of nitrogens with one attached hydrogen (secondary N) is 1. The van der Waals surface area contributed by atoms with Crippen molar-refractivity contribution in [3.8, 4) is 11.5 Å². The molecule has 4 rings (SSSR count). The molecule has 2 aromatic carbocycles. The van der Waals surface area contributed by atoms with Gasteiger partial charge in [-0.25, -0.2) is 5.84 Å². The van der Waals surface area contributed by atoms with E-state index in [1.54, 1.807) is 19.2 Å². The number of methoxy groups -OCH3 is 2. The number of piperidine rings is 1. The first-order valence-electron chi connectivity index (χ1n) is 12.1. The summed E-state index contributed by atoms with van der Waals surface area (Å²) in [6.45, 7) is 2.22. The summed E-state index contributed by atoms with van der Waals surface area (Å²) in [4.78, 5) is 6.91. The first-order valence-corrected chi connectivity index (χ1v) is 12.1. The topological polar surface area (TPSA) is 87.7 Å². The quantitative estimate of drug-likeness (QED) is 0.207. The maximum atomic E-state index is 9.16. The third-order valence-electron chi connectivity index (χ3n) is 6.78. The van der Waals surface area contributed by atoms with Crippen LogP contribution in [0.4, 0.5) is 0 Å². The van der Waals surface area contributed by atoms with E-state index in [1.807, 2.05) is 54.7 Å². The number of hydrogen-bond donors (Lipinski definition) is 2. The number of para-hydroxylation sites is 1. The number of nitrogens with zero attached hydrogens (tertiary/aromatic N) is 3. The van der Waals surface area contributed by atoms with Crippen LogP contribution in [0.1, 0.15) is 41.6 Å². The van der Waals surface area contributed by atoms with Crippen molar-refractivity contribution in [2.45, 2.75) is 31.2 Å². The van der Waals surface area contributed by atoms with Gasteiger partial charge in [0.15, 0.2) is 11.5 Å². The van der Waals surface area contributed by atoms with Crippen LogP contribution in [0.15, 0.2) is 72.9 Å². The van der Waals surface area contributed by atoms with Crippen molar-refractivity contribution in [2.24, 2.45) is 5.84 Å². The van der Waals surface area contributed by atoms with Gasteiger partial charge in [-0.05, 0) is 56.1 Å². The highest BCUT2D eigenvalue weighted by molar-refractivity contribution is 5.86. The van der Waals surface area contributed by atoms with Gasteiger partial charge in [-0.3, -0.25) is 20.3 Å². The number of ether oxygens (including phenoxy) is 2. The lowest BCUT2D eigenvalue weighted by molar-refractivity contribution is 0.173. The lowest BCUT2D eigenvalue weighted by atomic mass is 9.90. The molecule has 3 aromatic rings. The second-order valence-electron chi connectivity index (χ2n) is 8.86. The number of nitrogens with two attached hydrogens (primary N) is 1. The van der Waals surface area contributed by atoms with E-state index in [-0.39, 0.29) is 6.04 Å². The molecule has 7 nitrogen and oxygen atoms in total. The molecule has 1 unspecified atom stereocenters. The van der Waals surface area contributed by atoms with E-state index in [0.717, 1.165) is 43.6 Å². The Kier molecular flexibility index (Phi) is 8.34. The summed E-state index contributed by atoms with van der Waals surface area (Å²) in [5, 5.41) is 10.7. The highest BCUT2D eigenvalue weighted by Gasteiger charge is 2.34. The van der Waals surface area contributed by atoms with Crippen molar-refractivity contribution >= 4 is 5.84 Å². The second kappa shape index (κ2) is 11.8. The molecular weight excluding hydrogens is 438 g/mol. The molecule has 0 bridgehead atoms. The number of amidine groups is 1. The van der Waals surface area contributed by atoms with Gasteiger partial charge in [-0.15, -0.1) is 0 Å². The minimum absolute atomic E-state index is 0.342. The van der Waals surface area contributed by atoms with E-state index in [9.17, 15) is 0 Å². The molecule has 0 radical (unpaired) electrons. The Balaban J connectivity index is 1.57. The molecule has 184 valence electrons. The van der Waals surface area contributed by atoms with Gasteiger partial charge in [0.2, 0.25) is 0 Å². The molecule has 1 fully saturated rings. The summed E-state index contributed by atoms with van der Waals surface area (Å²) in [6.07, 6.45) is 4.58. The molecular formula is C28H35N5O2. The fourth-order valence-electron chi connectivity index (χ4n) is 4.89. The minimum atomic E-state index is -0.342. The van der Waals surface area contributed by atoms with Crippen LogP contribution in [0.3, 0.4) is 0 Å². The standard InChI is InChI=1S/C28H35N5O2/c1-34-25-13-8-11-23(27(25)35-2)26(28(29)33(30)20-14-21-9-4-3-5-10-21)32-18-15-22(16-19-32)24-12-6-7-17-31-24/h3-13,17,22,26,29H,14-16,18-20,30H2,1-2H3. The summed E-state index contributed by atoms with van der Waals surface area (Å²) in [6, 6.07) is 21.8. The summed E-state index contributed by atoms with van der Waals surface area (Å²) in [5.74, 6) is 8.56. The van der Waals surface area contributed by atoms with Gasteiger partial charge in [0, 0.05) is 29.9 Å². The molecule has 1 atom stereocenters. The van der Waals surface area contributed by atoms with Crippen molar-refractivity contribution < 1.29 is 9.47 Å². The van der Waals surface area contributed by atoms with Gasteiger partial charge in [0.1, 0.15) is 5.84 Å². The number of aromatic nitrogens is 1. The monoisotopic (exact) mass is 473 g/mol. The Morgan fingerprint density at radius 2 is 1.77 bits per heavy atom. The summed E-state index contributed by atoms with van der Waals surface area (Å²) in [5.41, 5.74) is 3.23. The van der Waals surface area contributed by atoms with Crippen molar-refractivity contribution in [3.05, 3.63) is 89.7 Å². The van der Waals surface area contributed by atoms with Crippen LogP contribution in [0, 0.1) is 5.41 Å². The number of hydrogen-bond acceptors (Lipinski definition) is 6. The average Bonchev–Trinajstić information content (AvgIpc) is 2.93. The first-order chi connectivity index (χ1) is 17.1.